The Hall–Kier alpha value is -2.95. The van der Waals surface area contributed by atoms with Gasteiger partial charge in [0.15, 0.2) is 5.69 Å². The summed E-state index contributed by atoms with van der Waals surface area (Å²) in [7, 11) is 1.48. The van der Waals surface area contributed by atoms with Crippen molar-refractivity contribution in [1.29, 1.82) is 5.26 Å². The summed E-state index contributed by atoms with van der Waals surface area (Å²) in [6.07, 6.45) is 1.60. The molecule has 8 nitrogen and oxygen atoms in total. The molecule has 0 N–H and O–H groups in total. The third kappa shape index (κ3) is 2.99. The van der Waals surface area contributed by atoms with Crippen LogP contribution in [0, 0.1) is 21.4 Å². The van der Waals surface area contributed by atoms with E-state index in [2.05, 4.69) is 10.3 Å². The fraction of sp³-hybridized carbons (Fsp3) is 0.400. The Bertz CT molecular complexity index is 759. The molecule has 0 spiro atoms. The number of non-ortho nitro benzene ring substituents is 1. The Balaban J connectivity index is 2.71. The molecule has 0 aliphatic heterocycles. The number of benzene rings is 1. The van der Waals surface area contributed by atoms with Gasteiger partial charge < -0.3 is 4.74 Å². The smallest absolute Gasteiger partial charge is 0.271 e. The number of nitrogens with zero attached hydrogens (tertiary/aromatic N) is 5. The first kappa shape index (κ1) is 16.4. The first-order valence-corrected chi connectivity index (χ1v) is 7.25. The lowest BCUT2D eigenvalue weighted by atomic mass is 9.97. The van der Waals surface area contributed by atoms with Crippen molar-refractivity contribution in [3.63, 3.8) is 0 Å². The third-order valence-corrected chi connectivity index (χ3v) is 3.78. The van der Waals surface area contributed by atoms with Crippen LogP contribution in [0.15, 0.2) is 18.2 Å². The van der Waals surface area contributed by atoms with Gasteiger partial charge in [0.05, 0.1) is 17.7 Å². The molecule has 8 heteroatoms. The minimum absolute atomic E-state index is 0.0728. The molecular weight excluding hydrogens is 298 g/mol. The topological polar surface area (TPSA) is 107 Å². The Kier molecular flexibility index (Phi) is 4.91. The second kappa shape index (κ2) is 6.87. The SMILES string of the molecule is CCC(CC)c1c(C#N)nnn1-c1cc([N+](=O)[O-])ccc1OC. The van der Waals surface area contributed by atoms with Crippen LogP contribution in [0.4, 0.5) is 5.69 Å². The largest absolute Gasteiger partial charge is 0.494 e. The maximum absolute atomic E-state index is 11.0. The van der Waals surface area contributed by atoms with Crippen LogP contribution < -0.4 is 4.74 Å². The summed E-state index contributed by atoms with van der Waals surface area (Å²) in [4.78, 5) is 10.6. The maximum Gasteiger partial charge on any atom is 0.271 e. The number of ether oxygens (including phenoxy) is 1. The predicted molar refractivity (Wildman–Crippen MR) is 82.6 cm³/mol. The summed E-state index contributed by atoms with van der Waals surface area (Å²) >= 11 is 0. The van der Waals surface area contributed by atoms with E-state index >= 15 is 0 Å². The summed E-state index contributed by atoms with van der Waals surface area (Å²) in [6, 6.07) is 6.29. The van der Waals surface area contributed by atoms with E-state index in [9.17, 15) is 15.4 Å². The second-order valence-electron chi connectivity index (χ2n) is 4.97. The van der Waals surface area contributed by atoms with Crippen molar-refractivity contribution in [2.75, 3.05) is 7.11 Å². The van der Waals surface area contributed by atoms with Crippen molar-refractivity contribution in [3.05, 3.63) is 39.7 Å². The first-order chi connectivity index (χ1) is 11.1. The van der Waals surface area contributed by atoms with Crippen LogP contribution in [0.3, 0.4) is 0 Å². The van der Waals surface area contributed by atoms with E-state index in [0.29, 0.717) is 17.1 Å². The molecule has 1 heterocycles. The van der Waals surface area contributed by atoms with Gasteiger partial charge >= 0.3 is 0 Å². The molecule has 0 bridgehead atoms. The lowest BCUT2D eigenvalue weighted by Gasteiger charge is -2.16. The van der Waals surface area contributed by atoms with E-state index in [1.54, 1.807) is 0 Å². The van der Waals surface area contributed by atoms with Crippen molar-refractivity contribution in [1.82, 2.24) is 15.0 Å². The number of hydrogen-bond donors (Lipinski definition) is 0. The van der Waals surface area contributed by atoms with Crippen molar-refractivity contribution in [2.24, 2.45) is 0 Å². The van der Waals surface area contributed by atoms with Crippen LogP contribution in [0.5, 0.6) is 5.75 Å². The molecule has 0 radical (unpaired) electrons. The lowest BCUT2D eigenvalue weighted by Crippen LogP contribution is -2.10. The minimum Gasteiger partial charge on any atom is -0.494 e. The standard InChI is InChI=1S/C15H17N5O3/c1-4-10(5-2)15-12(9-16)17-18-19(15)13-8-11(20(21)22)6-7-14(13)23-3/h6-8,10H,4-5H2,1-3H3. The highest BCUT2D eigenvalue weighted by molar-refractivity contribution is 5.54. The fourth-order valence-corrected chi connectivity index (χ4v) is 2.55. The normalized spacial score (nSPS) is 10.6. The van der Waals surface area contributed by atoms with Gasteiger partial charge in [0, 0.05) is 18.1 Å². The predicted octanol–water partition coefficient (Wildman–Crippen LogP) is 2.96. The monoisotopic (exact) mass is 315 g/mol. The molecule has 0 aliphatic carbocycles. The highest BCUT2D eigenvalue weighted by Gasteiger charge is 2.24. The average Bonchev–Trinajstić information content (AvgIpc) is 2.99. The summed E-state index contributed by atoms with van der Waals surface area (Å²) in [5.74, 6) is 0.501. The fourth-order valence-electron chi connectivity index (χ4n) is 2.55. The highest BCUT2D eigenvalue weighted by Crippen LogP contribution is 2.32. The van der Waals surface area contributed by atoms with Crippen molar-refractivity contribution in [3.8, 4) is 17.5 Å². The number of nitriles is 1. The Morgan fingerprint density at radius 1 is 1.43 bits per heavy atom. The summed E-state index contributed by atoms with van der Waals surface area (Å²) in [5, 5.41) is 28.3. The number of hydrogen-bond acceptors (Lipinski definition) is 6. The van der Waals surface area contributed by atoms with E-state index in [4.69, 9.17) is 4.74 Å². The summed E-state index contributed by atoms with van der Waals surface area (Å²) < 4.78 is 6.76. The molecular formula is C15H17N5O3. The molecule has 0 saturated carbocycles. The van der Waals surface area contributed by atoms with Gasteiger partial charge in [0.1, 0.15) is 17.5 Å². The molecule has 0 aliphatic rings. The molecule has 1 aromatic carbocycles. The summed E-state index contributed by atoms with van der Waals surface area (Å²) in [6.45, 7) is 4.02. The zero-order valence-corrected chi connectivity index (χ0v) is 13.2. The van der Waals surface area contributed by atoms with E-state index in [1.165, 1.54) is 30.0 Å². The van der Waals surface area contributed by atoms with E-state index in [1.807, 2.05) is 19.9 Å². The number of methoxy groups -OCH3 is 1. The zero-order chi connectivity index (χ0) is 17.0. The Morgan fingerprint density at radius 2 is 2.13 bits per heavy atom. The van der Waals surface area contributed by atoms with Crippen molar-refractivity contribution in [2.45, 2.75) is 32.6 Å². The third-order valence-electron chi connectivity index (χ3n) is 3.78. The minimum atomic E-state index is -0.484. The van der Waals surface area contributed by atoms with Gasteiger partial charge in [-0.1, -0.05) is 19.1 Å². The van der Waals surface area contributed by atoms with Gasteiger partial charge in [-0.15, -0.1) is 5.10 Å². The van der Waals surface area contributed by atoms with E-state index in [0.717, 1.165) is 12.8 Å². The maximum atomic E-state index is 11.0. The molecule has 1 aromatic heterocycles. The average molecular weight is 315 g/mol. The van der Waals surface area contributed by atoms with Gasteiger partial charge in [-0.05, 0) is 18.9 Å². The van der Waals surface area contributed by atoms with Crippen LogP contribution in [0.25, 0.3) is 5.69 Å². The Morgan fingerprint density at radius 3 is 2.65 bits per heavy atom. The molecule has 0 amide bonds. The number of nitro groups is 1. The molecule has 0 unspecified atom stereocenters. The molecule has 0 saturated heterocycles. The van der Waals surface area contributed by atoms with Gasteiger partial charge in [-0.25, -0.2) is 4.68 Å². The van der Waals surface area contributed by atoms with Gasteiger partial charge in [0.2, 0.25) is 0 Å². The van der Waals surface area contributed by atoms with Crippen LogP contribution in [0.1, 0.15) is 44.0 Å². The Labute approximate surface area is 133 Å². The van der Waals surface area contributed by atoms with Crippen molar-refractivity contribution >= 4 is 5.69 Å². The number of aromatic nitrogens is 3. The molecule has 2 aromatic rings. The first-order valence-electron chi connectivity index (χ1n) is 7.25. The van der Waals surface area contributed by atoms with Crippen LogP contribution in [0.2, 0.25) is 0 Å². The lowest BCUT2D eigenvalue weighted by molar-refractivity contribution is -0.384. The summed E-state index contributed by atoms with van der Waals surface area (Å²) in [5.41, 5.74) is 1.20. The number of nitro benzene ring substituents is 1. The second-order valence-corrected chi connectivity index (χ2v) is 4.97. The van der Waals surface area contributed by atoms with Crippen LogP contribution in [-0.4, -0.2) is 27.0 Å². The van der Waals surface area contributed by atoms with Crippen LogP contribution >= 0.6 is 0 Å². The van der Waals surface area contributed by atoms with Gasteiger partial charge in [-0.3, -0.25) is 10.1 Å². The molecule has 23 heavy (non-hydrogen) atoms. The molecule has 2 rings (SSSR count). The van der Waals surface area contributed by atoms with E-state index < -0.39 is 4.92 Å². The van der Waals surface area contributed by atoms with Crippen LogP contribution in [-0.2, 0) is 0 Å². The zero-order valence-electron chi connectivity index (χ0n) is 13.2. The highest BCUT2D eigenvalue weighted by atomic mass is 16.6. The molecule has 120 valence electrons. The van der Waals surface area contributed by atoms with E-state index in [-0.39, 0.29) is 17.3 Å². The van der Waals surface area contributed by atoms with Gasteiger partial charge in [0.25, 0.3) is 5.69 Å². The molecule has 0 fully saturated rings. The molecule has 0 atom stereocenters. The van der Waals surface area contributed by atoms with Crippen molar-refractivity contribution < 1.29 is 9.66 Å². The number of rotatable bonds is 6. The van der Waals surface area contributed by atoms with Gasteiger partial charge in [-0.2, -0.15) is 5.26 Å². The quantitative estimate of drug-likeness (QED) is 0.599.